The Bertz CT molecular complexity index is 722. The molecule has 0 N–H and O–H groups in total. The van der Waals surface area contributed by atoms with Crippen LogP contribution < -0.4 is 0 Å². The monoisotopic (exact) mass is 318 g/mol. The lowest BCUT2D eigenvalue weighted by Crippen LogP contribution is -2.52. The maximum Gasteiger partial charge on any atom is 0.257 e. The number of nitrogens with zero attached hydrogens (tertiary/aromatic N) is 2. The quantitative estimate of drug-likeness (QED) is 0.756. The van der Waals surface area contributed by atoms with Crippen LogP contribution in [-0.4, -0.2) is 41.1 Å². The van der Waals surface area contributed by atoms with E-state index in [1.807, 2.05) is 49.9 Å². The lowest BCUT2D eigenvalue weighted by Gasteiger charge is -2.38. The Morgan fingerprint density at radius 3 is 2.68 bits per heavy atom. The maximum absolute atomic E-state index is 12.9. The van der Waals surface area contributed by atoms with E-state index < -0.39 is 0 Å². The van der Waals surface area contributed by atoms with Crippen LogP contribution in [0.4, 0.5) is 0 Å². The number of ether oxygens (including phenoxy) is 1. The highest BCUT2D eigenvalue weighted by atomic mass is 35.5. The minimum Gasteiger partial charge on any atom is -0.377 e. The van der Waals surface area contributed by atoms with Crippen LogP contribution >= 0.6 is 11.6 Å². The van der Waals surface area contributed by atoms with Gasteiger partial charge in [0.15, 0.2) is 0 Å². The molecule has 1 amide bonds. The molecule has 22 heavy (non-hydrogen) atoms. The first kappa shape index (κ1) is 15.3. The first-order valence-electron chi connectivity index (χ1n) is 7.45. The average molecular weight is 319 g/mol. The molecule has 1 aliphatic heterocycles. The molecule has 3 rings (SSSR count). The van der Waals surface area contributed by atoms with E-state index in [4.69, 9.17) is 16.3 Å². The Kier molecular flexibility index (Phi) is 4.06. The molecule has 5 heteroatoms. The third-order valence-electron chi connectivity index (χ3n) is 4.13. The summed E-state index contributed by atoms with van der Waals surface area (Å²) in [6.07, 6.45) is 0. The third-order valence-corrected chi connectivity index (χ3v) is 4.42. The second-order valence-electron chi connectivity index (χ2n) is 5.92. The minimum atomic E-state index is -0.0794. The number of rotatable bonds is 1. The largest absolute Gasteiger partial charge is 0.377 e. The van der Waals surface area contributed by atoms with E-state index in [2.05, 4.69) is 4.98 Å². The average Bonchev–Trinajstić information content (AvgIpc) is 2.47. The first-order chi connectivity index (χ1) is 10.5. The van der Waals surface area contributed by atoms with E-state index >= 15 is 0 Å². The Morgan fingerprint density at radius 2 is 2.00 bits per heavy atom. The SMILES string of the molecule is Cc1cccc2cc(C(=O)N3[C@@H](C)COC[C@@H]3C)c(Cl)nc12. The molecule has 2 atom stereocenters. The molecule has 2 aromatic rings. The van der Waals surface area contributed by atoms with Crippen LogP contribution in [0.5, 0.6) is 0 Å². The van der Waals surface area contributed by atoms with E-state index in [-0.39, 0.29) is 23.1 Å². The van der Waals surface area contributed by atoms with Crippen molar-refractivity contribution in [2.75, 3.05) is 13.2 Å². The lowest BCUT2D eigenvalue weighted by atomic mass is 10.1. The minimum absolute atomic E-state index is 0.0283. The second kappa shape index (κ2) is 5.86. The summed E-state index contributed by atoms with van der Waals surface area (Å²) in [6, 6.07) is 7.80. The summed E-state index contributed by atoms with van der Waals surface area (Å²) in [5.74, 6) is -0.0794. The van der Waals surface area contributed by atoms with Crippen LogP contribution in [0.2, 0.25) is 5.15 Å². The predicted molar refractivity (Wildman–Crippen MR) is 87.4 cm³/mol. The van der Waals surface area contributed by atoms with Crippen molar-refractivity contribution in [1.29, 1.82) is 0 Å². The van der Waals surface area contributed by atoms with Gasteiger partial charge < -0.3 is 9.64 Å². The molecule has 1 fully saturated rings. The topological polar surface area (TPSA) is 42.4 Å². The van der Waals surface area contributed by atoms with Crippen LogP contribution in [0.3, 0.4) is 0 Å². The number of carbonyl (C=O) groups excluding carboxylic acids is 1. The number of para-hydroxylation sites is 1. The molecule has 0 radical (unpaired) electrons. The molecule has 116 valence electrons. The number of hydrogen-bond acceptors (Lipinski definition) is 3. The van der Waals surface area contributed by atoms with Crippen molar-refractivity contribution >= 4 is 28.4 Å². The van der Waals surface area contributed by atoms with E-state index in [0.29, 0.717) is 18.8 Å². The highest BCUT2D eigenvalue weighted by molar-refractivity contribution is 6.33. The summed E-state index contributed by atoms with van der Waals surface area (Å²) in [6.45, 7) is 7.06. The number of aryl methyl sites for hydroxylation is 1. The molecule has 4 nitrogen and oxygen atoms in total. The van der Waals surface area contributed by atoms with Crippen molar-refractivity contribution in [2.24, 2.45) is 0 Å². The van der Waals surface area contributed by atoms with Crippen LogP contribution in [0.15, 0.2) is 24.3 Å². The number of pyridine rings is 1. The number of carbonyl (C=O) groups is 1. The fraction of sp³-hybridized carbons (Fsp3) is 0.412. The Labute approximate surface area is 135 Å². The Morgan fingerprint density at radius 1 is 1.32 bits per heavy atom. The highest BCUT2D eigenvalue weighted by Crippen LogP contribution is 2.26. The summed E-state index contributed by atoms with van der Waals surface area (Å²) >= 11 is 6.29. The number of morpholine rings is 1. The fourth-order valence-electron chi connectivity index (χ4n) is 3.02. The lowest BCUT2D eigenvalue weighted by molar-refractivity contribution is -0.0249. The molecule has 1 aromatic carbocycles. The standard InChI is InChI=1S/C17H19ClN2O2/c1-10-5-4-6-13-7-14(16(18)19-15(10)13)17(21)20-11(2)8-22-9-12(20)3/h4-7,11-12H,8-9H2,1-3H3/t11-,12-/m0/s1. The van der Waals surface area contributed by atoms with E-state index in [1.165, 1.54) is 0 Å². The highest BCUT2D eigenvalue weighted by Gasteiger charge is 2.31. The summed E-state index contributed by atoms with van der Waals surface area (Å²) in [4.78, 5) is 19.2. The number of amides is 1. The van der Waals surface area contributed by atoms with Crippen LogP contribution in [0.25, 0.3) is 10.9 Å². The van der Waals surface area contributed by atoms with Crippen molar-refractivity contribution in [3.63, 3.8) is 0 Å². The van der Waals surface area contributed by atoms with Gasteiger partial charge in [0.1, 0.15) is 5.15 Å². The van der Waals surface area contributed by atoms with Crippen molar-refractivity contribution in [2.45, 2.75) is 32.9 Å². The zero-order chi connectivity index (χ0) is 15.9. The van der Waals surface area contributed by atoms with Gasteiger partial charge in [-0.3, -0.25) is 4.79 Å². The molecule has 0 spiro atoms. The van der Waals surface area contributed by atoms with Crippen LogP contribution in [0.1, 0.15) is 29.8 Å². The van der Waals surface area contributed by atoms with Gasteiger partial charge in [-0.1, -0.05) is 29.8 Å². The van der Waals surface area contributed by atoms with Gasteiger partial charge in [0.25, 0.3) is 5.91 Å². The third kappa shape index (κ3) is 2.57. The number of fused-ring (bicyclic) bond motifs is 1. The predicted octanol–water partition coefficient (Wildman–Crippen LogP) is 3.45. The van der Waals surface area contributed by atoms with Crippen molar-refractivity contribution in [3.8, 4) is 0 Å². The van der Waals surface area contributed by atoms with Gasteiger partial charge in [0.2, 0.25) is 0 Å². The van der Waals surface area contributed by atoms with Gasteiger partial charge in [-0.25, -0.2) is 4.98 Å². The number of aromatic nitrogens is 1. The van der Waals surface area contributed by atoms with Gasteiger partial charge in [0, 0.05) is 5.39 Å². The summed E-state index contributed by atoms with van der Waals surface area (Å²) in [7, 11) is 0. The van der Waals surface area contributed by atoms with E-state index in [9.17, 15) is 4.79 Å². The van der Waals surface area contributed by atoms with Gasteiger partial charge in [-0.05, 0) is 32.4 Å². The fourth-order valence-corrected chi connectivity index (χ4v) is 3.24. The van der Waals surface area contributed by atoms with Gasteiger partial charge in [0.05, 0.1) is 36.4 Å². The normalized spacial score (nSPS) is 22.1. The maximum atomic E-state index is 12.9. The van der Waals surface area contributed by atoms with Crippen molar-refractivity contribution in [1.82, 2.24) is 9.88 Å². The van der Waals surface area contributed by atoms with Crippen LogP contribution in [0, 0.1) is 6.92 Å². The van der Waals surface area contributed by atoms with Crippen LogP contribution in [-0.2, 0) is 4.74 Å². The molecular formula is C17H19ClN2O2. The molecule has 1 aliphatic rings. The molecule has 1 saturated heterocycles. The van der Waals surface area contributed by atoms with Gasteiger partial charge in [-0.2, -0.15) is 0 Å². The number of benzene rings is 1. The Hall–Kier alpha value is -1.65. The molecule has 0 unspecified atom stereocenters. The van der Waals surface area contributed by atoms with Crippen molar-refractivity contribution < 1.29 is 9.53 Å². The zero-order valence-corrected chi connectivity index (χ0v) is 13.7. The molecule has 0 bridgehead atoms. The second-order valence-corrected chi connectivity index (χ2v) is 6.28. The molecule has 0 aliphatic carbocycles. The number of halogens is 1. The summed E-state index contributed by atoms with van der Waals surface area (Å²) in [5, 5.41) is 1.19. The molecule has 2 heterocycles. The first-order valence-corrected chi connectivity index (χ1v) is 7.83. The molecular weight excluding hydrogens is 300 g/mol. The smallest absolute Gasteiger partial charge is 0.257 e. The van der Waals surface area contributed by atoms with E-state index in [1.54, 1.807) is 0 Å². The molecule has 1 aromatic heterocycles. The summed E-state index contributed by atoms with van der Waals surface area (Å²) in [5.41, 5.74) is 2.35. The van der Waals surface area contributed by atoms with Crippen molar-refractivity contribution in [3.05, 3.63) is 40.5 Å². The van der Waals surface area contributed by atoms with Gasteiger partial charge >= 0.3 is 0 Å². The molecule has 0 saturated carbocycles. The number of hydrogen-bond donors (Lipinski definition) is 0. The Balaban J connectivity index is 2.05. The van der Waals surface area contributed by atoms with E-state index in [0.717, 1.165) is 16.5 Å². The van der Waals surface area contributed by atoms with Gasteiger partial charge in [-0.15, -0.1) is 0 Å². The zero-order valence-electron chi connectivity index (χ0n) is 13.0. The summed E-state index contributed by atoms with van der Waals surface area (Å²) < 4.78 is 5.48.